The zero-order valence-electron chi connectivity index (χ0n) is 7.57. The van der Waals surface area contributed by atoms with E-state index in [0.29, 0.717) is 0 Å². The third-order valence-electron chi connectivity index (χ3n) is 1.91. The van der Waals surface area contributed by atoms with Gasteiger partial charge in [-0.3, -0.25) is 0 Å². The number of fused-ring (bicyclic) bond motifs is 1. The van der Waals surface area contributed by atoms with Crippen LogP contribution in [0.2, 0.25) is 0 Å². The van der Waals surface area contributed by atoms with Crippen LogP contribution in [0.1, 0.15) is 5.56 Å². The lowest BCUT2D eigenvalue weighted by Gasteiger charge is -2.01. The summed E-state index contributed by atoms with van der Waals surface area (Å²) < 4.78 is 0. The lowest BCUT2D eigenvalue weighted by atomic mass is 9.94. The molecule has 2 rings (SSSR count). The van der Waals surface area contributed by atoms with Crippen molar-refractivity contribution < 1.29 is 0 Å². The number of hydrogen-bond acceptors (Lipinski definition) is 4. The fraction of sp³-hybridized carbons (Fsp3) is 0.125. The molecule has 0 aliphatic heterocycles. The van der Waals surface area contributed by atoms with Crippen molar-refractivity contribution in [2.75, 3.05) is 5.73 Å². The molecule has 0 fully saturated rings. The number of aromatic nitrogens is 3. The molecule has 0 radical (unpaired) electrons. The highest BCUT2D eigenvalue weighted by Crippen LogP contribution is 2.11. The molecule has 2 N–H and O–H groups in total. The molecule has 1 heterocycles. The summed E-state index contributed by atoms with van der Waals surface area (Å²) in [5, 5.41) is 7.67. The second-order valence-corrected chi connectivity index (χ2v) is 3.12. The number of nitrogen functional groups attached to an aromatic ring is 1. The smallest absolute Gasteiger partial charge is 0.240 e. The van der Waals surface area contributed by atoms with Crippen LogP contribution in [0.15, 0.2) is 12.1 Å². The number of rotatable bonds is 0. The van der Waals surface area contributed by atoms with Crippen molar-refractivity contribution in [1.29, 1.82) is 0 Å². The van der Waals surface area contributed by atoms with Gasteiger partial charge in [-0.2, -0.15) is 0 Å². The van der Waals surface area contributed by atoms with Crippen LogP contribution in [0.5, 0.6) is 0 Å². The first-order valence-electron chi connectivity index (χ1n) is 4.04. The van der Waals surface area contributed by atoms with Crippen molar-refractivity contribution in [3.05, 3.63) is 17.7 Å². The fourth-order valence-corrected chi connectivity index (χ4v) is 1.40. The Balaban J connectivity index is 2.87. The van der Waals surface area contributed by atoms with E-state index in [1.54, 1.807) is 0 Å². The number of nitrogens with zero attached hydrogens (tertiary/aromatic N) is 3. The molecule has 5 heteroatoms. The van der Waals surface area contributed by atoms with Gasteiger partial charge in [0.2, 0.25) is 5.95 Å². The van der Waals surface area contributed by atoms with Gasteiger partial charge in [0.25, 0.3) is 0 Å². The molecule has 1 aromatic carbocycles. The van der Waals surface area contributed by atoms with Crippen molar-refractivity contribution in [3.8, 4) is 0 Å². The van der Waals surface area contributed by atoms with Crippen molar-refractivity contribution >= 4 is 30.3 Å². The summed E-state index contributed by atoms with van der Waals surface area (Å²) in [6.45, 7) is 1.99. The van der Waals surface area contributed by atoms with Gasteiger partial charge in [-0.15, -0.1) is 10.2 Å². The van der Waals surface area contributed by atoms with E-state index in [1.807, 2.05) is 20.8 Å². The predicted molar refractivity (Wildman–Crippen MR) is 54.7 cm³/mol. The molecule has 0 amide bonds. The van der Waals surface area contributed by atoms with Gasteiger partial charge in [0.05, 0.1) is 5.52 Å². The van der Waals surface area contributed by atoms with E-state index in [-0.39, 0.29) is 5.95 Å². The van der Waals surface area contributed by atoms with Crippen LogP contribution in [0.25, 0.3) is 11.0 Å². The normalized spacial score (nSPS) is 10.5. The van der Waals surface area contributed by atoms with Gasteiger partial charge in [0, 0.05) is 0 Å². The SMILES string of the molecule is Bc1cc(C)c2nc(N)nnc2c1. The van der Waals surface area contributed by atoms with Crippen LogP contribution in [0.3, 0.4) is 0 Å². The number of anilines is 1. The standard InChI is InChI=1S/C8H9BN4/c1-4-2-5(9)3-6-7(4)11-8(10)13-12-6/h2-3H,9H2,1H3,(H2,10,11,13). The molecule has 0 saturated heterocycles. The summed E-state index contributed by atoms with van der Waals surface area (Å²) in [5.41, 5.74) is 9.31. The second-order valence-electron chi connectivity index (χ2n) is 3.12. The zero-order chi connectivity index (χ0) is 9.42. The molecular weight excluding hydrogens is 163 g/mol. The van der Waals surface area contributed by atoms with Crippen molar-refractivity contribution in [1.82, 2.24) is 15.2 Å². The van der Waals surface area contributed by atoms with Gasteiger partial charge in [-0.05, 0) is 18.6 Å². The Morgan fingerprint density at radius 1 is 1.31 bits per heavy atom. The first-order chi connectivity index (χ1) is 6.16. The summed E-state index contributed by atoms with van der Waals surface area (Å²) in [6, 6.07) is 4.00. The minimum absolute atomic E-state index is 0.222. The first-order valence-corrected chi connectivity index (χ1v) is 4.04. The molecule has 0 saturated carbocycles. The molecule has 0 atom stereocenters. The van der Waals surface area contributed by atoms with E-state index >= 15 is 0 Å². The Bertz CT molecular complexity index is 469. The van der Waals surface area contributed by atoms with Crippen LogP contribution in [0.4, 0.5) is 5.95 Å². The van der Waals surface area contributed by atoms with Crippen molar-refractivity contribution in [3.63, 3.8) is 0 Å². The first kappa shape index (κ1) is 7.98. The van der Waals surface area contributed by atoms with E-state index in [1.165, 1.54) is 0 Å². The minimum Gasteiger partial charge on any atom is -0.366 e. The van der Waals surface area contributed by atoms with E-state index in [2.05, 4.69) is 21.2 Å². The minimum atomic E-state index is 0.222. The van der Waals surface area contributed by atoms with Crippen molar-refractivity contribution in [2.24, 2.45) is 0 Å². The molecule has 2 aromatic rings. The third kappa shape index (κ3) is 1.33. The quantitative estimate of drug-likeness (QED) is 0.527. The maximum absolute atomic E-state index is 5.45. The maximum atomic E-state index is 5.45. The van der Waals surface area contributed by atoms with Crippen LogP contribution < -0.4 is 11.2 Å². The largest absolute Gasteiger partial charge is 0.366 e. The highest BCUT2D eigenvalue weighted by atomic mass is 15.2. The third-order valence-corrected chi connectivity index (χ3v) is 1.91. The Labute approximate surface area is 76.6 Å². The molecular formula is C8H9BN4. The van der Waals surface area contributed by atoms with Gasteiger partial charge >= 0.3 is 0 Å². The average molecular weight is 172 g/mol. The van der Waals surface area contributed by atoms with E-state index in [0.717, 1.165) is 22.1 Å². The summed E-state index contributed by atoms with van der Waals surface area (Å²) in [5.74, 6) is 0.222. The number of aryl methyl sites for hydroxylation is 1. The Morgan fingerprint density at radius 3 is 2.85 bits per heavy atom. The van der Waals surface area contributed by atoms with Gasteiger partial charge < -0.3 is 5.73 Å². The van der Waals surface area contributed by atoms with E-state index in [9.17, 15) is 0 Å². The van der Waals surface area contributed by atoms with Crippen LogP contribution in [0, 0.1) is 6.92 Å². The van der Waals surface area contributed by atoms with Crippen LogP contribution in [-0.2, 0) is 0 Å². The fourth-order valence-electron chi connectivity index (χ4n) is 1.40. The summed E-state index contributed by atoms with van der Waals surface area (Å²) >= 11 is 0. The lowest BCUT2D eigenvalue weighted by molar-refractivity contribution is 1.04. The maximum Gasteiger partial charge on any atom is 0.240 e. The summed E-state index contributed by atoms with van der Waals surface area (Å²) in [7, 11) is 2.02. The Hall–Kier alpha value is -1.65. The molecule has 0 unspecified atom stereocenters. The van der Waals surface area contributed by atoms with Gasteiger partial charge in [-0.25, -0.2) is 4.98 Å². The number of benzene rings is 1. The second kappa shape index (κ2) is 2.69. The molecule has 0 bridgehead atoms. The van der Waals surface area contributed by atoms with E-state index in [4.69, 9.17) is 5.73 Å². The molecule has 1 aromatic heterocycles. The molecule has 0 aliphatic rings. The highest BCUT2D eigenvalue weighted by Gasteiger charge is 2.02. The molecule has 0 aliphatic carbocycles. The van der Waals surface area contributed by atoms with Crippen LogP contribution in [-0.4, -0.2) is 23.0 Å². The van der Waals surface area contributed by atoms with Crippen LogP contribution >= 0.6 is 0 Å². The summed E-state index contributed by atoms with van der Waals surface area (Å²) in [4.78, 5) is 4.12. The predicted octanol–water partition coefficient (Wildman–Crippen LogP) is -0.826. The topological polar surface area (TPSA) is 64.7 Å². The Kier molecular flexibility index (Phi) is 1.65. The monoisotopic (exact) mass is 172 g/mol. The Morgan fingerprint density at radius 2 is 2.08 bits per heavy atom. The van der Waals surface area contributed by atoms with Gasteiger partial charge in [0.1, 0.15) is 13.4 Å². The highest BCUT2D eigenvalue weighted by molar-refractivity contribution is 6.33. The number of hydrogen-bond donors (Lipinski definition) is 1. The lowest BCUT2D eigenvalue weighted by Crippen LogP contribution is -2.06. The molecule has 4 nitrogen and oxygen atoms in total. The van der Waals surface area contributed by atoms with Gasteiger partial charge in [0.15, 0.2) is 0 Å². The average Bonchev–Trinajstić information content (AvgIpc) is 2.06. The molecule has 64 valence electrons. The van der Waals surface area contributed by atoms with Gasteiger partial charge in [-0.1, -0.05) is 11.5 Å². The van der Waals surface area contributed by atoms with E-state index < -0.39 is 0 Å². The number of nitrogens with two attached hydrogens (primary N) is 1. The molecule has 0 spiro atoms. The van der Waals surface area contributed by atoms with Crippen molar-refractivity contribution in [2.45, 2.75) is 6.92 Å². The summed E-state index contributed by atoms with van der Waals surface area (Å²) in [6.07, 6.45) is 0. The molecule has 13 heavy (non-hydrogen) atoms. The zero-order valence-corrected chi connectivity index (χ0v) is 7.57.